The van der Waals surface area contributed by atoms with Gasteiger partial charge >= 0.3 is 0 Å². The van der Waals surface area contributed by atoms with Gasteiger partial charge in [0.05, 0.1) is 18.3 Å². The predicted octanol–water partition coefficient (Wildman–Crippen LogP) is 2.67. The molecule has 1 heterocycles. The molecule has 0 bridgehead atoms. The quantitative estimate of drug-likeness (QED) is 0.812. The lowest BCUT2D eigenvalue weighted by Crippen LogP contribution is -2.37. The van der Waals surface area contributed by atoms with Crippen molar-refractivity contribution in [3.63, 3.8) is 0 Å². The van der Waals surface area contributed by atoms with Gasteiger partial charge in [-0.25, -0.2) is 0 Å². The minimum absolute atomic E-state index is 0.160. The molecule has 1 atom stereocenters. The summed E-state index contributed by atoms with van der Waals surface area (Å²) in [6.45, 7) is 0.729. The van der Waals surface area contributed by atoms with Crippen LogP contribution in [0.2, 0.25) is 0 Å². The smallest absolute Gasteiger partial charge is 0.0631 e. The lowest BCUT2D eigenvalue weighted by atomic mass is 9.79. The highest BCUT2D eigenvalue weighted by Crippen LogP contribution is 2.41. The predicted molar refractivity (Wildman–Crippen MR) is 84.0 cm³/mol. The van der Waals surface area contributed by atoms with E-state index in [0.717, 1.165) is 24.5 Å². The Morgan fingerprint density at radius 2 is 2.00 bits per heavy atom. The third kappa shape index (κ3) is 3.67. The van der Waals surface area contributed by atoms with Crippen LogP contribution in [0.5, 0.6) is 0 Å². The second-order valence-corrected chi connectivity index (χ2v) is 7.27. The molecule has 2 aliphatic carbocycles. The van der Waals surface area contributed by atoms with Gasteiger partial charge < -0.3 is 10.8 Å². The summed E-state index contributed by atoms with van der Waals surface area (Å²) in [7, 11) is 0. The lowest BCUT2D eigenvalue weighted by molar-refractivity contribution is 0.114. The highest BCUT2D eigenvalue weighted by atomic mass is 16.3. The summed E-state index contributed by atoms with van der Waals surface area (Å²) in [5, 5.41) is 14.6. The van der Waals surface area contributed by atoms with Crippen LogP contribution in [0.25, 0.3) is 0 Å². The van der Waals surface area contributed by atoms with Gasteiger partial charge in [-0.3, -0.25) is 4.68 Å². The van der Waals surface area contributed by atoms with E-state index in [-0.39, 0.29) is 12.0 Å². The first-order valence-electron chi connectivity index (χ1n) is 8.60. The Hall–Kier alpha value is -0.870. The fraction of sp³-hybridized carbons (Fsp3) is 0.824. The maximum Gasteiger partial charge on any atom is 0.0631 e. The number of nitrogens with zero attached hydrogens (tertiary/aromatic N) is 2. The zero-order valence-electron chi connectivity index (χ0n) is 13.0. The normalized spacial score (nSPS) is 23.1. The molecule has 3 N–H and O–H groups in total. The first kappa shape index (κ1) is 15.0. The molecule has 4 heteroatoms. The molecule has 0 aliphatic heterocycles. The second kappa shape index (κ2) is 6.49. The van der Waals surface area contributed by atoms with Crippen LogP contribution in [0.3, 0.4) is 0 Å². The first-order valence-corrected chi connectivity index (χ1v) is 8.60. The van der Waals surface area contributed by atoms with Crippen LogP contribution in [-0.4, -0.2) is 28.0 Å². The van der Waals surface area contributed by atoms with Crippen molar-refractivity contribution in [3.05, 3.63) is 18.0 Å². The molecule has 0 radical (unpaired) electrons. The van der Waals surface area contributed by atoms with Crippen molar-refractivity contribution in [2.75, 3.05) is 13.2 Å². The minimum atomic E-state index is -0.160. The molecule has 0 amide bonds. The molecule has 2 saturated carbocycles. The monoisotopic (exact) mass is 291 g/mol. The Balaban J connectivity index is 1.66. The zero-order chi connectivity index (χ0) is 14.7. The largest absolute Gasteiger partial charge is 0.396 e. The van der Waals surface area contributed by atoms with Crippen LogP contribution in [-0.2, 0) is 6.42 Å². The van der Waals surface area contributed by atoms with Gasteiger partial charge in [0.2, 0.25) is 0 Å². The fourth-order valence-electron chi connectivity index (χ4n) is 3.75. The standard InChI is InChI=1S/C17H29N3O/c18-12-17(13-21,10-14-6-7-14)11-15-8-9-20(19-15)16-4-2-1-3-5-16/h8-9,14,16,21H,1-7,10-13,18H2. The van der Waals surface area contributed by atoms with E-state index in [4.69, 9.17) is 10.8 Å². The van der Waals surface area contributed by atoms with E-state index in [9.17, 15) is 5.11 Å². The van der Waals surface area contributed by atoms with Crippen molar-refractivity contribution in [1.29, 1.82) is 0 Å². The summed E-state index contributed by atoms with van der Waals surface area (Å²) >= 11 is 0. The first-order chi connectivity index (χ1) is 10.2. The third-order valence-electron chi connectivity index (χ3n) is 5.36. The summed E-state index contributed by atoms with van der Waals surface area (Å²) in [4.78, 5) is 0. The van der Waals surface area contributed by atoms with Crippen LogP contribution in [0.1, 0.15) is 63.1 Å². The molecule has 0 spiro atoms. The molecule has 0 saturated heterocycles. The van der Waals surface area contributed by atoms with E-state index in [2.05, 4.69) is 16.9 Å². The second-order valence-electron chi connectivity index (χ2n) is 7.27. The Kier molecular flexibility index (Phi) is 4.65. The van der Waals surface area contributed by atoms with Crippen LogP contribution >= 0.6 is 0 Å². The van der Waals surface area contributed by atoms with Crippen molar-refractivity contribution < 1.29 is 5.11 Å². The van der Waals surface area contributed by atoms with Gasteiger partial charge in [0.25, 0.3) is 0 Å². The maximum absolute atomic E-state index is 9.86. The van der Waals surface area contributed by atoms with Gasteiger partial charge in [0, 0.05) is 24.6 Å². The van der Waals surface area contributed by atoms with Crippen LogP contribution in [0, 0.1) is 11.3 Å². The Morgan fingerprint density at radius 1 is 1.24 bits per heavy atom. The molecule has 118 valence electrons. The summed E-state index contributed by atoms with van der Waals surface area (Å²) in [5.41, 5.74) is 6.94. The molecular formula is C17H29N3O. The topological polar surface area (TPSA) is 64.1 Å². The van der Waals surface area contributed by atoms with Crippen molar-refractivity contribution in [3.8, 4) is 0 Å². The molecule has 0 aromatic carbocycles. The van der Waals surface area contributed by atoms with Gasteiger partial charge in [-0.2, -0.15) is 5.10 Å². The van der Waals surface area contributed by atoms with Gasteiger partial charge in [-0.1, -0.05) is 32.1 Å². The average molecular weight is 291 g/mol. The molecule has 1 aromatic heterocycles. The summed E-state index contributed by atoms with van der Waals surface area (Å²) in [6.07, 6.45) is 13.1. The van der Waals surface area contributed by atoms with Gasteiger partial charge in [0.1, 0.15) is 0 Å². The molecule has 21 heavy (non-hydrogen) atoms. The molecule has 2 fully saturated rings. The van der Waals surface area contributed by atoms with E-state index < -0.39 is 0 Å². The fourth-order valence-corrected chi connectivity index (χ4v) is 3.75. The highest BCUT2D eigenvalue weighted by molar-refractivity contribution is 5.05. The molecule has 2 aliphatic rings. The van der Waals surface area contributed by atoms with Crippen LogP contribution < -0.4 is 5.73 Å². The number of hydrogen-bond acceptors (Lipinski definition) is 3. The SMILES string of the molecule is NCC(CO)(Cc1ccn(C2CCCCC2)n1)CC1CC1. The number of nitrogens with two attached hydrogens (primary N) is 1. The van der Waals surface area contributed by atoms with Crippen LogP contribution in [0.15, 0.2) is 12.3 Å². The van der Waals surface area contributed by atoms with Crippen molar-refractivity contribution in [1.82, 2.24) is 9.78 Å². The number of aliphatic hydroxyl groups is 1. The lowest BCUT2D eigenvalue weighted by Gasteiger charge is -2.30. The van der Waals surface area contributed by atoms with E-state index in [0.29, 0.717) is 12.6 Å². The summed E-state index contributed by atoms with van der Waals surface area (Å²) in [5.74, 6) is 0.779. The van der Waals surface area contributed by atoms with Gasteiger partial charge in [-0.15, -0.1) is 0 Å². The number of hydrogen-bond donors (Lipinski definition) is 2. The average Bonchev–Trinajstić information content (AvgIpc) is 3.23. The van der Waals surface area contributed by atoms with Gasteiger partial charge in [-0.05, 0) is 31.2 Å². The Bertz CT molecular complexity index is 443. The van der Waals surface area contributed by atoms with E-state index >= 15 is 0 Å². The molecule has 1 unspecified atom stereocenters. The summed E-state index contributed by atoms with van der Waals surface area (Å²) < 4.78 is 2.16. The summed E-state index contributed by atoms with van der Waals surface area (Å²) in [6, 6.07) is 2.71. The molecular weight excluding hydrogens is 262 g/mol. The van der Waals surface area contributed by atoms with E-state index in [1.807, 2.05) is 0 Å². The zero-order valence-corrected chi connectivity index (χ0v) is 13.0. The Morgan fingerprint density at radius 3 is 2.62 bits per heavy atom. The van der Waals surface area contributed by atoms with Crippen LogP contribution in [0.4, 0.5) is 0 Å². The van der Waals surface area contributed by atoms with Crippen molar-refractivity contribution >= 4 is 0 Å². The van der Waals surface area contributed by atoms with Crippen molar-refractivity contribution in [2.24, 2.45) is 17.1 Å². The maximum atomic E-state index is 9.86. The Labute approximate surface area is 127 Å². The third-order valence-corrected chi connectivity index (χ3v) is 5.36. The van der Waals surface area contributed by atoms with E-state index in [1.165, 1.54) is 44.9 Å². The number of aliphatic hydroxyl groups excluding tert-OH is 1. The molecule has 1 aromatic rings. The van der Waals surface area contributed by atoms with E-state index in [1.54, 1.807) is 0 Å². The van der Waals surface area contributed by atoms with Gasteiger partial charge in [0.15, 0.2) is 0 Å². The number of rotatable bonds is 7. The number of aromatic nitrogens is 2. The molecule has 4 nitrogen and oxygen atoms in total. The minimum Gasteiger partial charge on any atom is -0.396 e. The molecule has 3 rings (SSSR count). The highest BCUT2D eigenvalue weighted by Gasteiger charge is 2.36. The van der Waals surface area contributed by atoms with Crippen molar-refractivity contribution in [2.45, 2.75) is 63.8 Å².